The van der Waals surface area contributed by atoms with E-state index in [1.54, 1.807) is 11.4 Å². The molecule has 1 aliphatic rings. The maximum atomic E-state index is 13.2. The molecule has 0 bridgehead atoms. The van der Waals surface area contributed by atoms with Crippen LogP contribution in [0, 0.1) is 0 Å². The Bertz CT molecular complexity index is 501. The molecule has 1 atom stereocenters. The number of thiophene rings is 1. The number of nitrogens with one attached hydrogen (secondary N) is 2. The Labute approximate surface area is 130 Å². The Morgan fingerprint density at radius 3 is 2.77 bits per heavy atom. The van der Waals surface area contributed by atoms with Gasteiger partial charge in [-0.25, -0.2) is 0 Å². The topological polar surface area (TPSA) is 53.6 Å². The van der Waals surface area contributed by atoms with Gasteiger partial charge in [0.05, 0.1) is 7.11 Å². The largest absolute Gasteiger partial charge is 0.495 e. The minimum Gasteiger partial charge on any atom is -0.495 e. The molecule has 1 aromatic rings. The molecule has 1 unspecified atom stereocenters. The van der Waals surface area contributed by atoms with E-state index in [-0.39, 0.29) is 4.88 Å². The van der Waals surface area contributed by atoms with Crippen LogP contribution in [0.1, 0.15) is 9.67 Å². The third kappa shape index (κ3) is 4.11. The number of hydrogen-bond donors (Lipinski definition) is 2. The van der Waals surface area contributed by atoms with E-state index in [0.29, 0.717) is 31.9 Å². The van der Waals surface area contributed by atoms with Crippen LogP contribution in [0.25, 0.3) is 0 Å². The summed E-state index contributed by atoms with van der Waals surface area (Å²) < 4.78 is 44.6. The summed E-state index contributed by atoms with van der Waals surface area (Å²) in [6, 6.07) is -0.0681. The third-order valence-electron chi connectivity index (χ3n) is 3.48. The molecule has 1 aromatic heterocycles. The molecule has 5 nitrogen and oxygen atoms in total. The molecular formula is C13H18F3N3O2S. The highest BCUT2D eigenvalue weighted by Gasteiger charge is 2.43. The van der Waals surface area contributed by atoms with Crippen LogP contribution in [0.5, 0.6) is 5.75 Å². The molecule has 0 aromatic carbocycles. The van der Waals surface area contributed by atoms with E-state index in [0.717, 1.165) is 11.3 Å². The van der Waals surface area contributed by atoms with Crippen molar-refractivity contribution in [1.82, 2.24) is 15.5 Å². The molecule has 1 fully saturated rings. The number of ether oxygens (including phenoxy) is 1. The predicted molar refractivity (Wildman–Crippen MR) is 77.5 cm³/mol. The summed E-state index contributed by atoms with van der Waals surface area (Å²) in [4.78, 5) is 13.7. The minimum absolute atomic E-state index is 0.281. The Balaban J connectivity index is 2.00. The number of nitrogens with zero attached hydrogens (tertiary/aromatic N) is 1. The SMILES string of the molecule is COc1ccsc1C(=O)NCC(N1CCNCC1)C(F)(F)F. The molecular weight excluding hydrogens is 319 g/mol. The number of piperazine rings is 1. The molecule has 1 aliphatic heterocycles. The number of hydrogen-bond acceptors (Lipinski definition) is 5. The van der Waals surface area contributed by atoms with Crippen molar-refractivity contribution in [2.24, 2.45) is 0 Å². The van der Waals surface area contributed by atoms with Crippen LogP contribution in [0.15, 0.2) is 11.4 Å². The smallest absolute Gasteiger partial charge is 0.405 e. The Morgan fingerprint density at radius 2 is 2.18 bits per heavy atom. The van der Waals surface area contributed by atoms with Crippen molar-refractivity contribution in [1.29, 1.82) is 0 Å². The second kappa shape index (κ2) is 7.30. The first kappa shape index (κ1) is 17.0. The number of carbonyl (C=O) groups excluding carboxylic acids is 1. The van der Waals surface area contributed by atoms with Gasteiger partial charge in [0.2, 0.25) is 0 Å². The van der Waals surface area contributed by atoms with Crippen LogP contribution in [0.4, 0.5) is 13.2 Å². The van der Waals surface area contributed by atoms with Crippen LogP contribution in [-0.4, -0.2) is 62.9 Å². The first-order valence-electron chi connectivity index (χ1n) is 6.84. The standard InChI is InChI=1S/C13H18F3N3O2S/c1-21-9-2-7-22-11(9)12(20)18-8-10(13(14,15)16)19-5-3-17-4-6-19/h2,7,10,17H,3-6,8H2,1H3,(H,18,20). The van der Waals surface area contributed by atoms with E-state index in [1.807, 2.05) is 0 Å². The predicted octanol–water partition coefficient (Wildman–Crippen LogP) is 1.32. The number of carbonyl (C=O) groups is 1. The summed E-state index contributed by atoms with van der Waals surface area (Å²) >= 11 is 1.14. The summed E-state index contributed by atoms with van der Waals surface area (Å²) in [7, 11) is 1.41. The zero-order valence-electron chi connectivity index (χ0n) is 12.1. The summed E-state index contributed by atoms with van der Waals surface area (Å²) in [5, 5.41) is 7.04. The molecule has 2 N–H and O–H groups in total. The maximum Gasteiger partial charge on any atom is 0.405 e. The molecule has 2 rings (SSSR count). The highest BCUT2D eigenvalue weighted by Crippen LogP contribution is 2.26. The Kier molecular flexibility index (Phi) is 5.65. The molecule has 0 aliphatic carbocycles. The molecule has 0 spiro atoms. The second-order valence-corrected chi connectivity index (χ2v) is 5.79. The molecule has 2 heterocycles. The first-order valence-corrected chi connectivity index (χ1v) is 7.72. The van der Waals surface area contributed by atoms with E-state index in [4.69, 9.17) is 4.74 Å². The van der Waals surface area contributed by atoms with Gasteiger partial charge in [-0.05, 0) is 11.4 Å². The van der Waals surface area contributed by atoms with Crippen molar-refractivity contribution in [3.63, 3.8) is 0 Å². The van der Waals surface area contributed by atoms with Gasteiger partial charge in [0.25, 0.3) is 5.91 Å². The van der Waals surface area contributed by atoms with Crippen LogP contribution in [-0.2, 0) is 0 Å². The lowest BCUT2D eigenvalue weighted by Gasteiger charge is -2.35. The van der Waals surface area contributed by atoms with E-state index in [1.165, 1.54) is 12.0 Å². The van der Waals surface area contributed by atoms with Gasteiger partial charge in [-0.3, -0.25) is 9.69 Å². The first-order chi connectivity index (χ1) is 10.4. The monoisotopic (exact) mass is 337 g/mol. The van der Waals surface area contributed by atoms with Gasteiger partial charge in [0, 0.05) is 32.7 Å². The maximum absolute atomic E-state index is 13.2. The van der Waals surface area contributed by atoms with Crippen molar-refractivity contribution < 1.29 is 22.7 Å². The lowest BCUT2D eigenvalue weighted by molar-refractivity contribution is -0.183. The zero-order chi connectivity index (χ0) is 16.2. The van der Waals surface area contributed by atoms with Crippen molar-refractivity contribution >= 4 is 17.2 Å². The lowest BCUT2D eigenvalue weighted by atomic mass is 10.2. The Morgan fingerprint density at radius 1 is 1.50 bits per heavy atom. The molecule has 0 saturated carbocycles. The van der Waals surface area contributed by atoms with E-state index in [9.17, 15) is 18.0 Å². The van der Waals surface area contributed by atoms with Crippen molar-refractivity contribution in [2.45, 2.75) is 12.2 Å². The summed E-state index contributed by atoms with van der Waals surface area (Å²) in [5.74, 6) is -0.176. The molecule has 0 radical (unpaired) electrons. The number of halogens is 3. The van der Waals surface area contributed by atoms with E-state index >= 15 is 0 Å². The number of rotatable bonds is 5. The van der Waals surface area contributed by atoms with E-state index in [2.05, 4.69) is 10.6 Å². The molecule has 124 valence electrons. The summed E-state index contributed by atoms with van der Waals surface area (Å²) in [5.41, 5.74) is 0. The van der Waals surface area contributed by atoms with Crippen LogP contribution >= 0.6 is 11.3 Å². The summed E-state index contributed by atoms with van der Waals surface area (Å²) in [6.45, 7) is 1.17. The second-order valence-electron chi connectivity index (χ2n) is 4.87. The van der Waals surface area contributed by atoms with Gasteiger partial charge in [-0.1, -0.05) is 0 Å². The van der Waals surface area contributed by atoms with Crippen molar-refractivity contribution in [3.05, 3.63) is 16.3 Å². The number of alkyl halides is 3. The Hall–Kier alpha value is -1.32. The van der Waals surface area contributed by atoms with Gasteiger partial charge in [-0.2, -0.15) is 13.2 Å². The fourth-order valence-electron chi connectivity index (χ4n) is 2.34. The fourth-order valence-corrected chi connectivity index (χ4v) is 3.11. The highest BCUT2D eigenvalue weighted by atomic mass is 32.1. The number of methoxy groups -OCH3 is 1. The van der Waals surface area contributed by atoms with Gasteiger partial charge in [0.15, 0.2) is 0 Å². The third-order valence-corrected chi connectivity index (χ3v) is 4.38. The van der Waals surface area contributed by atoms with Crippen molar-refractivity contribution in [3.8, 4) is 5.75 Å². The zero-order valence-corrected chi connectivity index (χ0v) is 12.9. The van der Waals surface area contributed by atoms with Gasteiger partial charge in [-0.15, -0.1) is 11.3 Å². The normalized spacial score (nSPS) is 18.0. The minimum atomic E-state index is -4.38. The van der Waals surface area contributed by atoms with Gasteiger partial charge >= 0.3 is 6.18 Å². The number of amides is 1. The average Bonchev–Trinajstić information content (AvgIpc) is 2.95. The lowest BCUT2D eigenvalue weighted by Crippen LogP contribution is -2.57. The molecule has 1 amide bonds. The molecule has 22 heavy (non-hydrogen) atoms. The quantitative estimate of drug-likeness (QED) is 0.851. The van der Waals surface area contributed by atoms with Crippen LogP contribution in [0.2, 0.25) is 0 Å². The summed E-state index contributed by atoms with van der Waals surface area (Å²) in [6.07, 6.45) is -4.38. The average molecular weight is 337 g/mol. The van der Waals surface area contributed by atoms with Crippen LogP contribution in [0.3, 0.4) is 0 Å². The molecule has 1 saturated heterocycles. The highest BCUT2D eigenvalue weighted by molar-refractivity contribution is 7.12. The van der Waals surface area contributed by atoms with E-state index < -0.39 is 24.7 Å². The van der Waals surface area contributed by atoms with Gasteiger partial charge in [0.1, 0.15) is 16.7 Å². The molecule has 9 heteroatoms. The van der Waals surface area contributed by atoms with Gasteiger partial charge < -0.3 is 15.4 Å². The van der Waals surface area contributed by atoms with Crippen molar-refractivity contribution in [2.75, 3.05) is 39.8 Å². The van der Waals surface area contributed by atoms with Crippen LogP contribution < -0.4 is 15.4 Å². The fraction of sp³-hybridized carbons (Fsp3) is 0.615.